The highest BCUT2D eigenvalue weighted by molar-refractivity contribution is 7.22. The third-order valence-corrected chi connectivity index (χ3v) is 4.34. The van der Waals surface area contributed by atoms with Gasteiger partial charge >= 0.3 is 0 Å². The summed E-state index contributed by atoms with van der Waals surface area (Å²) in [6.07, 6.45) is 0.926. The van der Waals surface area contributed by atoms with Crippen LogP contribution >= 0.6 is 22.9 Å². The number of thiazole rings is 1. The summed E-state index contributed by atoms with van der Waals surface area (Å²) in [6, 6.07) is 3.45. The molecule has 0 aliphatic carbocycles. The Morgan fingerprint density at radius 3 is 2.91 bits per heavy atom. The molecule has 6 nitrogen and oxygen atoms in total. The summed E-state index contributed by atoms with van der Waals surface area (Å²) in [6.45, 7) is 3.71. The molecule has 0 atom stereocenters. The molecule has 0 radical (unpaired) electrons. The van der Waals surface area contributed by atoms with E-state index in [2.05, 4.69) is 20.4 Å². The average molecular weight is 337 g/mol. The van der Waals surface area contributed by atoms with Crippen LogP contribution in [0.2, 0.25) is 5.15 Å². The van der Waals surface area contributed by atoms with E-state index in [1.54, 1.807) is 12.1 Å². The van der Waals surface area contributed by atoms with Crippen molar-refractivity contribution in [3.63, 3.8) is 0 Å². The first kappa shape index (κ1) is 14.9. The van der Waals surface area contributed by atoms with E-state index in [9.17, 15) is 4.79 Å². The van der Waals surface area contributed by atoms with Crippen molar-refractivity contribution in [1.82, 2.24) is 15.1 Å². The monoisotopic (exact) mass is 336 g/mol. The van der Waals surface area contributed by atoms with Crippen LogP contribution in [0.5, 0.6) is 0 Å². The number of hydrogen-bond acceptors (Lipinski definition) is 6. The Kier molecular flexibility index (Phi) is 4.08. The Labute approximate surface area is 135 Å². The zero-order chi connectivity index (χ0) is 15.7. The van der Waals surface area contributed by atoms with Crippen molar-refractivity contribution in [2.75, 3.05) is 5.32 Å². The number of fused-ring (bicyclic) bond motifs is 1. The number of nitrogens with one attached hydrogen (secondary N) is 1. The summed E-state index contributed by atoms with van der Waals surface area (Å²) >= 11 is 7.14. The third kappa shape index (κ3) is 3.10. The molecule has 1 N–H and O–H groups in total. The molecular weight excluding hydrogens is 324 g/mol. The molecule has 114 valence electrons. The average Bonchev–Trinajstić information content (AvgIpc) is 3.00. The maximum Gasteiger partial charge on any atom is 0.226 e. The number of carbonyl (C=O) groups excluding carboxylic acids is 1. The number of aryl methyl sites for hydroxylation is 2. The van der Waals surface area contributed by atoms with Gasteiger partial charge in [-0.25, -0.2) is 9.97 Å². The molecule has 3 aromatic heterocycles. The lowest BCUT2D eigenvalue weighted by Crippen LogP contribution is -2.12. The second-order valence-electron chi connectivity index (χ2n) is 4.83. The first-order valence-corrected chi connectivity index (χ1v) is 7.87. The normalized spacial score (nSPS) is 11.0. The summed E-state index contributed by atoms with van der Waals surface area (Å²) in [5.41, 5.74) is 2.52. The van der Waals surface area contributed by atoms with Gasteiger partial charge in [0.15, 0.2) is 5.13 Å². The summed E-state index contributed by atoms with van der Waals surface area (Å²) < 4.78 is 5.08. The lowest BCUT2D eigenvalue weighted by molar-refractivity contribution is -0.116. The van der Waals surface area contributed by atoms with Gasteiger partial charge in [-0.1, -0.05) is 28.1 Å². The number of nitrogens with zero attached hydrogens (tertiary/aromatic N) is 3. The van der Waals surface area contributed by atoms with Crippen molar-refractivity contribution in [3.05, 3.63) is 34.3 Å². The highest BCUT2D eigenvalue weighted by atomic mass is 35.5. The Balaban J connectivity index is 1.65. The predicted molar refractivity (Wildman–Crippen MR) is 85.4 cm³/mol. The first-order chi connectivity index (χ1) is 10.5. The molecule has 0 aliphatic heterocycles. The van der Waals surface area contributed by atoms with E-state index in [1.165, 1.54) is 11.3 Å². The van der Waals surface area contributed by atoms with Crippen molar-refractivity contribution in [1.29, 1.82) is 0 Å². The van der Waals surface area contributed by atoms with E-state index < -0.39 is 0 Å². The number of carbonyl (C=O) groups is 1. The molecule has 3 rings (SSSR count). The smallest absolute Gasteiger partial charge is 0.226 e. The molecule has 0 spiro atoms. The van der Waals surface area contributed by atoms with Gasteiger partial charge in [0.25, 0.3) is 0 Å². The van der Waals surface area contributed by atoms with Crippen LogP contribution in [0.1, 0.15) is 23.4 Å². The quantitative estimate of drug-likeness (QED) is 0.737. The van der Waals surface area contributed by atoms with Gasteiger partial charge in [0.05, 0.1) is 5.69 Å². The molecule has 0 unspecified atom stereocenters. The third-order valence-electron chi connectivity index (χ3n) is 3.25. The molecular formula is C14H13ClN4O2S. The van der Waals surface area contributed by atoms with E-state index in [1.807, 2.05) is 13.8 Å². The number of anilines is 1. The molecule has 3 aromatic rings. The second kappa shape index (κ2) is 6.02. The summed E-state index contributed by atoms with van der Waals surface area (Å²) in [5, 5.41) is 7.60. The summed E-state index contributed by atoms with van der Waals surface area (Å²) in [4.78, 5) is 21.2. The van der Waals surface area contributed by atoms with E-state index in [0.717, 1.165) is 22.5 Å². The zero-order valence-electron chi connectivity index (χ0n) is 12.0. The topological polar surface area (TPSA) is 80.9 Å². The SMILES string of the molecule is Cc1noc(C)c1CCC(=O)Nc1nc2ccc(Cl)nc2s1. The fraction of sp³-hybridized carbons (Fsp3) is 0.286. The number of amides is 1. The van der Waals surface area contributed by atoms with Crippen molar-refractivity contribution < 1.29 is 9.32 Å². The lowest BCUT2D eigenvalue weighted by atomic mass is 10.1. The van der Waals surface area contributed by atoms with Crippen LogP contribution in [0.15, 0.2) is 16.7 Å². The molecule has 1 amide bonds. The number of halogens is 1. The van der Waals surface area contributed by atoms with Crippen LogP contribution in [0.3, 0.4) is 0 Å². The van der Waals surface area contributed by atoms with Crippen molar-refractivity contribution >= 4 is 44.3 Å². The van der Waals surface area contributed by atoms with Gasteiger partial charge in [-0.3, -0.25) is 4.79 Å². The molecule has 0 fully saturated rings. The summed E-state index contributed by atoms with van der Waals surface area (Å²) in [5.74, 6) is 0.647. The number of hydrogen-bond donors (Lipinski definition) is 1. The fourth-order valence-corrected chi connectivity index (χ4v) is 3.18. The molecule has 0 saturated carbocycles. The van der Waals surface area contributed by atoms with Gasteiger partial charge in [0.1, 0.15) is 21.3 Å². The maximum absolute atomic E-state index is 12.0. The van der Waals surface area contributed by atoms with Crippen LogP contribution in [-0.4, -0.2) is 21.0 Å². The number of rotatable bonds is 4. The molecule has 0 aliphatic rings. The Bertz CT molecular complexity index is 823. The molecule has 22 heavy (non-hydrogen) atoms. The van der Waals surface area contributed by atoms with E-state index in [4.69, 9.17) is 16.1 Å². The minimum Gasteiger partial charge on any atom is -0.361 e. The van der Waals surface area contributed by atoms with Gasteiger partial charge in [-0.2, -0.15) is 0 Å². The zero-order valence-corrected chi connectivity index (χ0v) is 13.6. The van der Waals surface area contributed by atoms with Crippen molar-refractivity contribution in [2.24, 2.45) is 0 Å². The molecule has 8 heteroatoms. The van der Waals surface area contributed by atoms with Crippen LogP contribution in [-0.2, 0) is 11.2 Å². The fourth-order valence-electron chi connectivity index (χ4n) is 2.13. The van der Waals surface area contributed by atoms with Crippen LogP contribution in [0.25, 0.3) is 10.3 Å². The lowest BCUT2D eigenvalue weighted by Gasteiger charge is -2.01. The molecule has 0 aromatic carbocycles. The van der Waals surface area contributed by atoms with E-state index in [0.29, 0.717) is 28.0 Å². The second-order valence-corrected chi connectivity index (χ2v) is 6.19. The highest BCUT2D eigenvalue weighted by Gasteiger charge is 2.13. The molecule has 3 heterocycles. The first-order valence-electron chi connectivity index (χ1n) is 6.67. The standard InChI is InChI=1S/C14H13ClN4O2S/c1-7-9(8(2)21-19-7)3-6-12(20)18-14-16-10-4-5-11(15)17-13(10)22-14/h4-5H,3,6H2,1-2H3,(H,16,18,20). The maximum atomic E-state index is 12.0. The Hall–Kier alpha value is -1.99. The van der Waals surface area contributed by atoms with Gasteiger partial charge < -0.3 is 9.84 Å². The summed E-state index contributed by atoms with van der Waals surface area (Å²) in [7, 11) is 0. The van der Waals surface area contributed by atoms with Crippen molar-refractivity contribution in [3.8, 4) is 0 Å². The van der Waals surface area contributed by atoms with Crippen LogP contribution in [0, 0.1) is 13.8 Å². The Morgan fingerprint density at radius 2 is 2.18 bits per heavy atom. The van der Waals surface area contributed by atoms with Gasteiger partial charge in [0, 0.05) is 12.0 Å². The van der Waals surface area contributed by atoms with Gasteiger partial charge in [0.2, 0.25) is 5.91 Å². The predicted octanol–water partition coefficient (Wildman–Crippen LogP) is 3.52. The van der Waals surface area contributed by atoms with Crippen LogP contribution < -0.4 is 5.32 Å². The number of pyridine rings is 1. The number of aromatic nitrogens is 3. The van der Waals surface area contributed by atoms with Crippen molar-refractivity contribution in [2.45, 2.75) is 26.7 Å². The highest BCUT2D eigenvalue weighted by Crippen LogP contribution is 2.25. The minimum atomic E-state index is -0.106. The molecule has 0 bridgehead atoms. The Morgan fingerprint density at radius 1 is 1.36 bits per heavy atom. The minimum absolute atomic E-state index is 0.106. The molecule has 0 saturated heterocycles. The van der Waals surface area contributed by atoms with E-state index in [-0.39, 0.29) is 5.91 Å². The van der Waals surface area contributed by atoms with Gasteiger partial charge in [-0.15, -0.1) is 0 Å². The van der Waals surface area contributed by atoms with Gasteiger partial charge in [-0.05, 0) is 32.4 Å². The largest absolute Gasteiger partial charge is 0.361 e. The van der Waals surface area contributed by atoms with E-state index >= 15 is 0 Å². The van der Waals surface area contributed by atoms with Crippen LogP contribution in [0.4, 0.5) is 5.13 Å².